The quantitative estimate of drug-likeness (QED) is 0.864. The van der Waals surface area contributed by atoms with Crippen LogP contribution in [-0.4, -0.2) is 13.1 Å². The summed E-state index contributed by atoms with van der Waals surface area (Å²) in [6.45, 7) is 2.34. The molecule has 1 aromatic rings. The van der Waals surface area contributed by atoms with E-state index in [0.29, 0.717) is 0 Å². The van der Waals surface area contributed by atoms with E-state index in [9.17, 15) is 0 Å². The van der Waals surface area contributed by atoms with Crippen LogP contribution >= 0.6 is 27.3 Å². The molecule has 3 atom stereocenters. The van der Waals surface area contributed by atoms with Crippen LogP contribution in [0.4, 0.5) is 0 Å². The zero-order chi connectivity index (χ0) is 12.3. The molecule has 1 heterocycles. The number of nitrogens with one attached hydrogen (secondary N) is 1. The average molecular weight is 316 g/mol. The smallest absolute Gasteiger partial charge is 0.0701 e. The molecule has 1 nitrogen and oxygen atoms in total. The summed E-state index contributed by atoms with van der Waals surface area (Å²) in [4.78, 5) is 1.53. The summed E-state index contributed by atoms with van der Waals surface area (Å²) in [6, 6.07) is 5.17. The molecule has 0 spiro atoms. The van der Waals surface area contributed by atoms with Crippen molar-refractivity contribution in [2.24, 2.45) is 11.8 Å². The van der Waals surface area contributed by atoms with E-state index in [0.717, 1.165) is 17.9 Å². The molecule has 0 amide bonds. The highest BCUT2D eigenvalue weighted by molar-refractivity contribution is 9.11. The predicted octanol–water partition coefficient (Wildman–Crippen LogP) is 4.47. The van der Waals surface area contributed by atoms with E-state index in [1.165, 1.54) is 40.8 Å². The zero-order valence-electron chi connectivity index (χ0n) is 10.7. The van der Waals surface area contributed by atoms with Crippen LogP contribution in [0.5, 0.6) is 0 Å². The highest BCUT2D eigenvalue weighted by Crippen LogP contribution is 2.35. The van der Waals surface area contributed by atoms with Gasteiger partial charge in [-0.1, -0.05) is 13.3 Å². The van der Waals surface area contributed by atoms with E-state index in [1.54, 1.807) is 0 Å². The van der Waals surface area contributed by atoms with Crippen LogP contribution in [0.25, 0.3) is 0 Å². The molecule has 3 unspecified atom stereocenters. The number of halogens is 1. The molecular formula is C14H22BrNS. The van der Waals surface area contributed by atoms with Crippen molar-refractivity contribution in [3.8, 4) is 0 Å². The van der Waals surface area contributed by atoms with Gasteiger partial charge in [0, 0.05) is 10.9 Å². The minimum atomic E-state index is 0.721. The molecule has 0 saturated heterocycles. The van der Waals surface area contributed by atoms with Crippen molar-refractivity contribution in [1.29, 1.82) is 0 Å². The summed E-state index contributed by atoms with van der Waals surface area (Å²) in [5.74, 6) is 1.78. The standard InChI is InChI=1S/C14H22BrNS/c1-3-10-4-6-13(16-2)11(8-10)9-12-5-7-14(15)17-12/h5,7,10-11,13,16H,3-4,6,8-9H2,1-2H3. The maximum atomic E-state index is 3.56. The van der Waals surface area contributed by atoms with Gasteiger partial charge in [-0.05, 0) is 72.6 Å². The number of thiophene rings is 1. The second-order valence-electron chi connectivity index (χ2n) is 5.15. The summed E-state index contributed by atoms with van der Waals surface area (Å²) in [5.41, 5.74) is 0. The van der Waals surface area contributed by atoms with Gasteiger partial charge in [-0.15, -0.1) is 11.3 Å². The van der Waals surface area contributed by atoms with Crippen molar-refractivity contribution in [2.75, 3.05) is 7.05 Å². The summed E-state index contributed by atoms with van der Waals surface area (Å²) in [7, 11) is 2.12. The monoisotopic (exact) mass is 315 g/mol. The van der Waals surface area contributed by atoms with Gasteiger partial charge in [-0.25, -0.2) is 0 Å². The summed E-state index contributed by atoms with van der Waals surface area (Å²) in [6.07, 6.45) is 6.76. The van der Waals surface area contributed by atoms with Gasteiger partial charge in [-0.3, -0.25) is 0 Å². The van der Waals surface area contributed by atoms with Gasteiger partial charge in [0.05, 0.1) is 3.79 Å². The first-order chi connectivity index (χ1) is 8.22. The lowest BCUT2D eigenvalue weighted by atomic mass is 9.75. The molecule has 1 aliphatic rings. The summed E-state index contributed by atoms with van der Waals surface area (Å²) < 4.78 is 1.26. The fraction of sp³-hybridized carbons (Fsp3) is 0.714. The molecular weight excluding hydrogens is 294 g/mol. The van der Waals surface area contributed by atoms with Crippen molar-refractivity contribution in [3.63, 3.8) is 0 Å². The van der Waals surface area contributed by atoms with E-state index in [4.69, 9.17) is 0 Å². The Hall–Kier alpha value is 0.140. The van der Waals surface area contributed by atoms with E-state index < -0.39 is 0 Å². The Balaban J connectivity index is 2.00. The molecule has 2 rings (SSSR count). The van der Waals surface area contributed by atoms with Gasteiger partial charge in [0.25, 0.3) is 0 Å². The van der Waals surface area contributed by atoms with Gasteiger partial charge < -0.3 is 5.32 Å². The molecule has 0 radical (unpaired) electrons. The lowest BCUT2D eigenvalue weighted by Gasteiger charge is -2.35. The van der Waals surface area contributed by atoms with Crippen LogP contribution in [0.2, 0.25) is 0 Å². The number of rotatable bonds is 4. The van der Waals surface area contributed by atoms with Crippen molar-refractivity contribution < 1.29 is 0 Å². The Bertz CT molecular complexity index is 350. The third kappa shape index (κ3) is 3.55. The van der Waals surface area contributed by atoms with Crippen LogP contribution < -0.4 is 5.32 Å². The molecule has 1 aliphatic carbocycles. The fourth-order valence-corrected chi connectivity index (χ4v) is 4.63. The van der Waals surface area contributed by atoms with E-state index in [-0.39, 0.29) is 0 Å². The lowest BCUT2D eigenvalue weighted by molar-refractivity contribution is 0.206. The molecule has 1 aromatic heterocycles. The van der Waals surface area contributed by atoms with Crippen LogP contribution in [0.15, 0.2) is 15.9 Å². The third-order valence-electron chi connectivity index (χ3n) is 4.13. The Morgan fingerprint density at radius 3 is 2.82 bits per heavy atom. The highest BCUT2D eigenvalue weighted by Gasteiger charge is 2.28. The third-order valence-corrected chi connectivity index (χ3v) is 5.78. The first-order valence-electron chi connectivity index (χ1n) is 6.64. The lowest BCUT2D eigenvalue weighted by Crippen LogP contribution is -2.39. The Morgan fingerprint density at radius 2 is 2.24 bits per heavy atom. The summed E-state index contributed by atoms with van der Waals surface area (Å²) in [5, 5.41) is 3.52. The van der Waals surface area contributed by atoms with Crippen molar-refractivity contribution in [1.82, 2.24) is 5.32 Å². The maximum Gasteiger partial charge on any atom is 0.0701 e. The maximum absolute atomic E-state index is 3.56. The summed E-state index contributed by atoms with van der Waals surface area (Å²) >= 11 is 5.45. The Kier molecular flexibility index (Phi) is 5.07. The SMILES string of the molecule is CCC1CCC(NC)C(Cc2ccc(Br)s2)C1. The van der Waals surface area contributed by atoms with Gasteiger partial charge in [0.1, 0.15) is 0 Å². The molecule has 1 fully saturated rings. The van der Waals surface area contributed by atoms with Crippen LogP contribution in [-0.2, 0) is 6.42 Å². The molecule has 0 bridgehead atoms. The molecule has 0 aromatic carbocycles. The topological polar surface area (TPSA) is 12.0 Å². The number of hydrogen-bond acceptors (Lipinski definition) is 2. The zero-order valence-corrected chi connectivity index (χ0v) is 13.1. The predicted molar refractivity (Wildman–Crippen MR) is 79.7 cm³/mol. The number of hydrogen-bond donors (Lipinski definition) is 1. The van der Waals surface area contributed by atoms with Gasteiger partial charge in [0.2, 0.25) is 0 Å². The minimum absolute atomic E-state index is 0.721. The first kappa shape index (κ1) is 13.6. The highest BCUT2D eigenvalue weighted by atomic mass is 79.9. The van der Waals surface area contributed by atoms with Crippen LogP contribution in [0, 0.1) is 11.8 Å². The largest absolute Gasteiger partial charge is 0.317 e. The molecule has 17 heavy (non-hydrogen) atoms. The fourth-order valence-electron chi connectivity index (χ4n) is 3.06. The van der Waals surface area contributed by atoms with Crippen molar-refractivity contribution in [3.05, 3.63) is 20.8 Å². The van der Waals surface area contributed by atoms with Gasteiger partial charge in [0.15, 0.2) is 0 Å². The minimum Gasteiger partial charge on any atom is -0.317 e. The van der Waals surface area contributed by atoms with Gasteiger partial charge in [-0.2, -0.15) is 0 Å². The molecule has 1 N–H and O–H groups in total. The van der Waals surface area contributed by atoms with Crippen molar-refractivity contribution in [2.45, 2.75) is 45.1 Å². The normalized spacial score (nSPS) is 29.5. The second kappa shape index (κ2) is 6.35. The van der Waals surface area contributed by atoms with E-state index >= 15 is 0 Å². The van der Waals surface area contributed by atoms with Crippen LogP contribution in [0.1, 0.15) is 37.5 Å². The molecule has 3 heteroatoms. The molecule has 1 saturated carbocycles. The van der Waals surface area contributed by atoms with Crippen LogP contribution in [0.3, 0.4) is 0 Å². The second-order valence-corrected chi connectivity index (χ2v) is 7.70. The van der Waals surface area contributed by atoms with E-state index in [1.807, 2.05) is 11.3 Å². The molecule has 0 aliphatic heterocycles. The van der Waals surface area contributed by atoms with E-state index in [2.05, 4.69) is 47.4 Å². The Morgan fingerprint density at radius 1 is 1.41 bits per heavy atom. The van der Waals surface area contributed by atoms with Crippen molar-refractivity contribution >= 4 is 27.3 Å². The average Bonchev–Trinajstić information content (AvgIpc) is 2.74. The first-order valence-corrected chi connectivity index (χ1v) is 8.25. The van der Waals surface area contributed by atoms with Gasteiger partial charge >= 0.3 is 0 Å². The Labute approximate surface area is 117 Å². The molecule has 96 valence electrons.